The van der Waals surface area contributed by atoms with Crippen molar-refractivity contribution in [3.63, 3.8) is 0 Å². The van der Waals surface area contributed by atoms with Crippen molar-refractivity contribution in [3.05, 3.63) is 0 Å². The number of rotatable bonds is 3. The van der Waals surface area contributed by atoms with Crippen molar-refractivity contribution in [1.82, 2.24) is 0 Å². The second-order valence-corrected chi connectivity index (χ2v) is 4.12. The van der Waals surface area contributed by atoms with E-state index in [0.29, 0.717) is 0 Å². The molecule has 0 aromatic rings. The third-order valence-corrected chi connectivity index (χ3v) is 2.54. The van der Waals surface area contributed by atoms with E-state index in [9.17, 15) is 9.59 Å². The predicted molar refractivity (Wildman–Crippen MR) is 49.7 cm³/mol. The molecule has 0 fully saturated rings. The van der Waals surface area contributed by atoms with Crippen molar-refractivity contribution < 1.29 is 104 Å². The summed E-state index contributed by atoms with van der Waals surface area (Å²) in [6, 6.07) is 0. The standard InChI is InChI=1S/C9H16O4.K.Na.2H/c1-5-9(6(10)11,7(12)13)8(2,3)4;;;;/h5H2,1-4H3,(H,10,11)(H,12,13);;;;/q;2*+1;2*-1. The molecule has 0 amide bonds. The first-order valence-electron chi connectivity index (χ1n) is 4.17. The molecule has 2 N–H and O–H groups in total. The Labute approximate surface area is 158 Å². The monoisotopic (exact) mass is 252 g/mol. The maximum Gasteiger partial charge on any atom is 1.00 e. The Hall–Kier alpha value is 1.58. The first-order valence-corrected chi connectivity index (χ1v) is 4.17. The van der Waals surface area contributed by atoms with E-state index in [-0.39, 0.29) is 90.2 Å². The van der Waals surface area contributed by atoms with Gasteiger partial charge in [-0.3, -0.25) is 9.59 Å². The fourth-order valence-corrected chi connectivity index (χ4v) is 1.57. The van der Waals surface area contributed by atoms with Gasteiger partial charge in [0, 0.05) is 0 Å². The molecule has 0 spiro atoms. The van der Waals surface area contributed by atoms with Crippen LogP contribution in [0.3, 0.4) is 0 Å². The molecule has 0 aliphatic carbocycles. The van der Waals surface area contributed by atoms with E-state index >= 15 is 0 Å². The number of aliphatic carboxylic acids is 2. The molecule has 0 heterocycles. The van der Waals surface area contributed by atoms with Gasteiger partial charge in [0.1, 0.15) is 0 Å². The smallest absolute Gasteiger partial charge is 1.00 e. The van der Waals surface area contributed by atoms with Crippen LogP contribution >= 0.6 is 0 Å². The van der Waals surface area contributed by atoms with E-state index in [1.54, 1.807) is 27.7 Å². The van der Waals surface area contributed by atoms with Crippen LogP contribution in [0.25, 0.3) is 0 Å². The van der Waals surface area contributed by atoms with Crippen LogP contribution in [-0.4, -0.2) is 22.2 Å². The summed E-state index contributed by atoms with van der Waals surface area (Å²) in [5, 5.41) is 17.9. The Kier molecular flexibility index (Phi) is 11.4. The van der Waals surface area contributed by atoms with Gasteiger partial charge in [-0.2, -0.15) is 0 Å². The zero-order valence-electron chi connectivity index (χ0n) is 12.4. The van der Waals surface area contributed by atoms with Crippen LogP contribution in [0.4, 0.5) is 0 Å². The zero-order valence-corrected chi connectivity index (χ0v) is 15.5. The van der Waals surface area contributed by atoms with Gasteiger partial charge in [-0.1, -0.05) is 27.7 Å². The molecule has 0 radical (unpaired) electrons. The van der Waals surface area contributed by atoms with Crippen LogP contribution in [0.5, 0.6) is 0 Å². The van der Waals surface area contributed by atoms with Crippen molar-refractivity contribution >= 4 is 11.9 Å². The molecule has 15 heavy (non-hydrogen) atoms. The van der Waals surface area contributed by atoms with E-state index in [2.05, 4.69) is 0 Å². The van der Waals surface area contributed by atoms with Crippen molar-refractivity contribution in [1.29, 1.82) is 0 Å². The van der Waals surface area contributed by atoms with Gasteiger partial charge >= 0.3 is 92.9 Å². The van der Waals surface area contributed by atoms with Gasteiger partial charge < -0.3 is 13.1 Å². The predicted octanol–water partition coefficient (Wildman–Crippen LogP) is -4.17. The molecule has 0 bridgehead atoms. The second kappa shape index (κ2) is 7.82. The molecule has 0 atom stereocenters. The molecule has 80 valence electrons. The van der Waals surface area contributed by atoms with E-state index in [1.165, 1.54) is 0 Å². The zero-order chi connectivity index (χ0) is 10.9. The molecular formula is C9H18KNaO4. The number of carbonyl (C=O) groups is 2. The maximum absolute atomic E-state index is 11.0. The van der Waals surface area contributed by atoms with Crippen molar-refractivity contribution in [2.24, 2.45) is 10.8 Å². The van der Waals surface area contributed by atoms with Crippen LogP contribution in [-0.2, 0) is 9.59 Å². The largest absolute Gasteiger partial charge is 1.00 e. The molecule has 0 aromatic heterocycles. The Morgan fingerprint density at radius 1 is 1.13 bits per heavy atom. The van der Waals surface area contributed by atoms with Crippen molar-refractivity contribution in [2.45, 2.75) is 34.1 Å². The van der Waals surface area contributed by atoms with Gasteiger partial charge in [0.25, 0.3) is 0 Å². The Bertz CT molecular complexity index is 230. The first kappa shape index (κ1) is 21.8. The van der Waals surface area contributed by atoms with E-state index in [1.807, 2.05) is 0 Å². The molecule has 0 aromatic carbocycles. The SMILES string of the molecule is CCC(C(=O)O)(C(=O)O)C(C)(C)C.[H-].[H-].[K+].[Na+]. The minimum Gasteiger partial charge on any atom is -1.00 e. The third kappa shape index (κ3) is 4.39. The molecule has 0 aliphatic rings. The fraction of sp³-hybridized carbons (Fsp3) is 0.778. The quantitative estimate of drug-likeness (QED) is 0.395. The molecule has 4 nitrogen and oxygen atoms in total. The molecular weight excluding hydrogens is 234 g/mol. The summed E-state index contributed by atoms with van der Waals surface area (Å²) in [5.41, 5.74) is -2.48. The maximum atomic E-state index is 11.0. The number of carboxylic acids is 2. The van der Waals surface area contributed by atoms with Gasteiger partial charge in [-0.25, -0.2) is 0 Å². The molecule has 0 aliphatic heterocycles. The summed E-state index contributed by atoms with van der Waals surface area (Å²) in [7, 11) is 0. The van der Waals surface area contributed by atoms with Crippen molar-refractivity contribution in [2.75, 3.05) is 0 Å². The fourth-order valence-electron chi connectivity index (χ4n) is 1.57. The average molecular weight is 252 g/mol. The summed E-state index contributed by atoms with van der Waals surface area (Å²) < 4.78 is 0. The summed E-state index contributed by atoms with van der Waals surface area (Å²) >= 11 is 0. The van der Waals surface area contributed by atoms with Crippen LogP contribution in [0.1, 0.15) is 37.0 Å². The molecule has 0 saturated carbocycles. The van der Waals surface area contributed by atoms with Crippen LogP contribution in [0.2, 0.25) is 0 Å². The van der Waals surface area contributed by atoms with Crippen molar-refractivity contribution in [3.8, 4) is 0 Å². The molecule has 0 rings (SSSR count). The topological polar surface area (TPSA) is 74.6 Å². The van der Waals surface area contributed by atoms with Gasteiger partial charge in [0.2, 0.25) is 0 Å². The number of hydrogen-bond donors (Lipinski definition) is 2. The normalized spacial score (nSPS) is 10.9. The summed E-state index contributed by atoms with van der Waals surface area (Å²) in [4.78, 5) is 21.9. The first-order chi connectivity index (χ1) is 5.70. The summed E-state index contributed by atoms with van der Waals surface area (Å²) in [6.07, 6.45) is 0.0845. The van der Waals surface area contributed by atoms with E-state index in [4.69, 9.17) is 10.2 Å². The summed E-state index contributed by atoms with van der Waals surface area (Å²) in [6.45, 7) is 6.45. The van der Waals surface area contributed by atoms with Gasteiger partial charge in [0.05, 0.1) is 0 Å². The molecule has 0 unspecified atom stereocenters. The van der Waals surface area contributed by atoms with Gasteiger partial charge in [-0.05, 0) is 11.8 Å². The Morgan fingerprint density at radius 2 is 1.40 bits per heavy atom. The van der Waals surface area contributed by atoms with Gasteiger partial charge in [-0.15, -0.1) is 0 Å². The third-order valence-electron chi connectivity index (χ3n) is 2.54. The average Bonchev–Trinajstić information content (AvgIpc) is 1.83. The van der Waals surface area contributed by atoms with Crippen LogP contribution in [0, 0.1) is 10.8 Å². The number of hydrogen-bond acceptors (Lipinski definition) is 2. The molecule has 6 heteroatoms. The van der Waals surface area contributed by atoms with E-state index in [0.717, 1.165) is 0 Å². The molecule has 0 saturated heterocycles. The Morgan fingerprint density at radius 3 is 1.40 bits per heavy atom. The number of carboxylic acid groups (broad SMARTS) is 2. The van der Waals surface area contributed by atoms with Crippen LogP contribution < -0.4 is 80.9 Å². The van der Waals surface area contributed by atoms with Crippen LogP contribution in [0.15, 0.2) is 0 Å². The second-order valence-electron chi connectivity index (χ2n) is 4.12. The minimum atomic E-state index is -1.69. The van der Waals surface area contributed by atoms with E-state index < -0.39 is 22.8 Å². The van der Waals surface area contributed by atoms with Gasteiger partial charge in [0.15, 0.2) is 5.41 Å². The Balaban J connectivity index is -0.000000120. The minimum absolute atomic E-state index is 0. The summed E-state index contributed by atoms with van der Waals surface area (Å²) in [5.74, 6) is -2.54.